The molecule has 0 bridgehead atoms. The minimum atomic E-state index is -0.0672. The van der Waals surface area contributed by atoms with Crippen LogP contribution in [-0.2, 0) is 6.54 Å². The number of carbonyl (C=O) groups is 1. The third-order valence-electron chi connectivity index (χ3n) is 3.54. The van der Waals surface area contributed by atoms with Crippen LogP contribution < -0.4 is 0 Å². The Kier molecular flexibility index (Phi) is 3.03. The van der Waals surface area contributed by atoms with E-state index in [4.69, 9.17) is 11.6 Å². The summed E-state index contributed by atoms with van der Waals surface area (Å²) in [7, 11) is 0. The summed E-state index contributed by atoms with van der Waals surface area (Å²) in [6.07, 6.45) is 3.61. The number of fused-ring (bicyclic) bond motifs is 1. The molecule has 1 aliphatic rings. The van der Waals surface area contributed by atoms with E-state index >= 15 is 0 Å². The molecule has 2 aromatic heterocycles. The number of aromatic nitrogens is 2. The van der Waals surface area contributed by atoms with Crippen molar-refractivity contribution in [2.45, 2.75) is 19.5 Å². The Labute approximate surface area is 116 Å². The highest BCUT2D eigenvalue weighted by Gasteiger charge is 2.28. The van der Waals surface area contributed by atoms with Crippen molar-refractivity contribution >= 4 is 17.5 Å². The topological polar surface area (TPSA) is 38.1 Å². The molecule has 5 heteroatoms. The van der Waals surface area contributed by atoms with E-state index in [1.54, 1.807) is 18.3 Å². The Balaban J connectivity index is 1.90. The summed E-state index contributed by atoms with van der Waals surface area (Å²) in [6.45, 7) is 3.54. The molecule has 98 valence electrons. The van der Waals surface area contributed by atoms with Crippen molar-refractivity contribution in [3.05, 3.63) is 53.1 Å². The van der Waals surface area contributed by atoms with Crippen molar-refractivity contribution < 1.29 is 4.79 Å². The normalized spacial score (nSPS) is 18.2. The van der Waals surface area contributed by atoms with Gasteiger partial charge in [0, 0.05) is 36.2 Å². The van der Waals surface area contributed by atoms with E-state index in [1.807, 2.05) is 24.1 Å². The van der Waals surface area contributed by atoms with Gasteiger partial charge in [-0.2, -0.15) is 0 Å². The van der Waals surface area contributed by atoms with Crippen molar-refractivity contribution in [2.24, 2.45) is 0 Å². The highest BCUT2D eigenvalue weighted by Crippen LogP contribution is 2.26. The lowest BCUT2D eigenvalue weighted by molar-refractivity contribution is 0.0638. The maximum Gasteiger partial charge on any atom is 0.273 e. The molecule has 3 rings (SSSR count). The molecule has 0 N–H and O–H groups in total. The Morgan fingerprint density at radius 1 is 1.42 bits per heavy atom. The van der Waals surface area contributed by atoms with E-state index in [0.29, 0.717) is 17.3 Å². The molecule has 0 saturated heterocycles. The van der Waals surface area contributed by atoms with Crippen LogP contribution in [0.5, 0.6) is 0 Å². The number of pyridine rings is 1. The molecule has 0 radical (unpaired) electrons. The Morgan fingerprint density at radius 2 is 2.26 bits per heavy atom. The molecule has 1 atom stereocenters. The molecule has 0 aromatic carbocycles. The van der Waals surface area contributed by atoms with Crippen LogP contribution in [-0.4, -0.2) is 26.9 Å². The van der Waals surface area contributed by atoms with Gasteiger partial charge in [0.15, 0.2) is 0 Å². The molecular formula is C14H14ClN3O. The number of amides is 1. The van der Waals surface area contributed by atoms with Crippen molar-refractivity contribution in [1.82, 2.24) is 14.5 Å². The minimum absolute atomic E-state index is 0.0528. The zero-order valence-electron chi connectivity index (χ0n) is 10.6. The average molecular weight is 276 g/mol. The molecule has 4 nitrogen and oxygen atoms in total. The molecule has 0 spiro atoms. The fourth-order valence-electron chi connectivity index (χ4n) is 2.53. The summed E-state index contributed by atoms with van der Waals surface area (Å²) >= 11 is 5.91. The maximum absolute atomic E-state index is 12.5. The van der Waals surface area contributed by atoms with Gasteiger partial charge >= 0.3 is 0 Å². The predicted octanol–water partition coefficient (Wildman–Crippen LogP) is 2.75. The van der Waals surface area contributed by atoms with Gasteiger partial charge < -0.3 is 9.47 Å². The zero-order chi connectivity index (χ0) is 13.4. The van der Waals surface area contributed by atoms with E-state index in [0.717, 1.165) is 12.2 Å². The van der Waals surface area contributed by atoms with Gasteiger partial charge in [-0.25, -0.2) is 0 Å². The monoisotopic (exact) mass is 275 g/mol. The SMILES string of the molecule is CC1c2cccn2CCN1C(=O)c1cc(Cl)ccn1. The zero-order valence-corrected chi connectivity index (χ0v) is 11.3. The van der Waals surface area contributed by atoms with E-state index in [-0.39, 0.29) is 11.9 Å². The van der Waals surface area contributed by atoms with Gasteiger partial charge in [-0.1, -0.05) is 11.6 Å². The smallest absolute Gasteiger partial charge is 0.273 e. The Morgan fingerprint density at radius 3 is 3.05 bits per heavy atom. The van der Waals surface area contributed by atoms with E-state index in [2.05, 4.69) is 15.6 Å². The van der Waals surface area contributed by atoms with Crippen LogP contribution in [0.2, 0.25) is 5.02 Å². The number of carbonyl (C=O) groups excluding carboxylic acids is 1. The number of nitrogens with zero attached hydrogens (tertiary/aromatic N) is 3. The first kappa shape index (κ1) is 12.2. The van der Waals surface area contributed by atoms with Gasteiger partial charge in [0.2, 0.25) is 0 Å². The lowest BCUT2D eigenvalue weighted by atomic mass is 10.1. The quantitative estimate of drug-likeness (QED) is 0.803. The van der Waals surface area contributed by atoms with Crippen LogP contribution in [0.3, 0.4) is 0 Å². The molecule has 0 saturated carbocycles. The molecule has 2 aromatic rings. The summed E-state index contributed by atoms with van der Waals surface area (Å²) in [4.78, 5) is 18.4. The molecule has 0 fully saturated rings. The third-order valence-corrected chi connectivity index (χ3v) is 3.78. The van der Waals surface area contributed by atoms with Crippen LogP contribution in [0.1, 0.15) is 29.1 Å². The maximum atomic E-state index is 12.5. The summed E-state index contributed by atoms with van der Waals surface area (Å²) in [5, 5.41) is 0.534. The van der Waals surface area contributed by atoms with Crippen molar-refractivity contribution in [3.8, 4) is 0 Å². The van der Waals surface area contributed by atoms with Gasteiger partial charge in [0.1, 0.15) is 5.69 Å². The van der Waals surface area contributed by atoms with Gasteiger partial charge in [-0.15, -0.1) is 0 Å². The molecule has 1 aliphatic heterocycles. The van der Waals surface area contributed by atoms with E-state index in [9.17, 15) is 4.79 Å². The fraction of sp³-hybridized carbons (Fsp3) is 0.286. The van der Waals surface area contributed by atoms with Gasteiger partial charge in [0.25, 0.3) is 5.91 Å². The van der Waals surface area contributed by atoms with E-state index < -0.39 is 0 Å². The summed E-state index contributed by atoms with van der Waals surface area (Å²) < 4.78 is 2.18. The van der Waals surface area contributed by atoms with Crippen molar-refractivity contribution in [2.75, 3.05) is 6.54 Å². The van der Waals surface area contributed by atoms with Crippen LogP contribution >= 0.6 is 11.6 Å². The molecule has 0 aliphatic carbocycles. The predicted molar refractivity (Wildman–Crippen MR) is 73.1 cm³/mol. The van der Waals surface area contributed by atoms with Gasteiger partial charge in [0.05, 0.1) is 6.04 Å². The van der Waals surface area contributed by atoms with Crippen LogP contribution in [0.25, 0.3) is 0 Å². The molecule has 19 heavy (non-hydrogen) atoms. The van der Waals surface area contributed by atoms with Gasteiger partial charge in [-0.05, 0) is 31.2 Å². The fourth-order valence-corrected chi connectivity index (χ4v) is 2.68. The van der Waals surface area contributed by atoms with Crippen LogP contribution in [0.4, 0.5) is 0 Å². The van der Waals surface area contributed by atoms with Crippen LogP contribution in [0.15, 0.2) is 36.7 Å². The largest absolute Gasteiger partial charge is 0.348 e. The summed E-state index contributed by atoms with van der Waals surface area (Å²) in [5.41, 5.74) is 1.56. The van der Waals surface area contributed by atoms with Crippen molar-refractivity contribution in [1.29, 1.82) is 0 Å². The molecule has 1 unspecified atom stereocenters. The first-order valence-corrected chi connectivity index (χ1v) is 6.62. The second kappa shape index (κ2) is 4.70. The van der Waals surface area contributed by atoms with Crippen LogP contribution in [0, 0.1) is 0 Å². The second-order valence-corrected chi connectivity index (χ2v) is 5.10. The minimum Gasteiger partial charge on any atom is -0.348 e. The first-order valence-electron chi connectivity index (χ1n) is 6.24. The van der Waals surface area contributed by atoms with Gasteiger partial charge in [-0.3, -0.25) is 9.78 Å². The Hall–Kier alpha value is -1.81. The molecule has 1 amide bonds. The number of hydrogen-bond acceptors (Lipinski definition) is 2. The number of rotatable bonds is 1. The standard InChI is InChI=1S/C14H14ClN3O/c1-10-13-3-2-6-17(13)7-8-18(10)14(19)12-9-11(15)4-5-16-12/h2-6,9-10H,7-8H2,1H3. The summed E-state index contributed by atoms with van der Waals surface area (Å²) in [6, 6.07) is 7.40. The summed E-state index contributed by atoms with van der Waals surface area (Å²) in [5.74, 6) is -0.0672. The van der Waals surface area contributed by atoms with E-state index in [1.165, 1.54) is 0 Å². The Bertz CT molecular complexity index is 623. The molecule has 3 heterocycles. The lowest BCUT2D eigenvalue weighted by Gasteiger charge is -2.34. The third kappa shape index (κ3) is 2.12. The number of hydrogen-bond donors (Lipinski definition) is 0. The number of halogens is 1. The highest BCUT2D eigenvalue weighted by atomic mass is 35.5. The lowest BCUT2D eigenvalue weighted by Crippen LogP contribution is -2.41. The molecular weight excluding hydrogens is 262 g/mol. The first-order chi connectivity index (χ1) is 9.16. The second-order valence-electron chi connectivity index (χ2n) is 4.66. The highest BCUT2D eigenvalue weighted by molar-refractivity contribution is 6.30. The average Bonchev–Trinajstić information content (AvgIpc) is 2.88. The van der Waals surface area contributed by atoms with Crippen molar-refractivity contribution in [3.63, 3.8) is 0 Å².